The highest BCUT2D eigenvalue weighted by molar-refractivity contribution is 7.82. The molecule has 5 nitrogen and oxygen atoms in total. The van der Waals surface area contributed by atoms with E-state index in [1.807, 2.05) is 0 Å². The lowest BCUT2D eigenvalue weighted by Crippen LogP contribution is -2.18. The van der Waals surface area contributed by atoms with Crippen LogP contribution in [0.15, 0.2) is 72.0 Å². The van der Waals surface area contributed by atoms with E-state index in [1.54, 1.807) is 60.7 Å². The van der Waals surface area contributed by atoms with E-state index in [0.717, 1.165) is 25.7 Å². The number of aliphatic hydroxyl groups is 1. The summed E-state index contributed by atoms with van der Waals surface area (Å²) in [5, 5.41) is 20.8. The van der Waals surface area contributed by atoms with Gasteiger partial charge in [-0.3, -0.25) is 0 Å². The number of unbranched alkanes of at least 4 members (excludes halogenated alkanes) is 3. The average molecular weight is 395 g/mol. The van der Waals surface area contributed by atoms with Crippen LogP contribution in [-0.4, -0.2) is 11.7 Å². The molecule has 2 aromatic carbocycles. The highest BCUT2D eigenvalue weighted by Gasteiger charge is 2.46. The Bertz CT molecular complexity index is 895. The maximum atomic E-state index is 14.0. The van der Waals surface area contributed by atoms with E-state index in [0.29, 0.717) is 10.6 Å². The summed E-state index contributed by atoms with van der Waals surface area (Å²) in [6.07, 6.45) is 4.01. The van der Waals surface area contributed by atoms with Gasteiger partial charge >= 0.3 is 11.4 Å². The van der Waals surface area contributed by atoms with Crippen LogP contribution in [0.25, 0.3) is 4.98 Å². The van der Waals surface area contributed by atoms with Crippen molar-refractivity contribution in [3.8, 4) is 11.8 Å². The van der Waals surface area contributed by atoms with E-state index in [-0.39, 0.29) is 6.61 Å². The van der Waals surface area contributed by atoms with Gasteiger partial charge in [-0.05, 0) is 6.42 Å². The molecule has 0 bridgehead atoms. The molecule has 0 heterocycles. The van der Waals surface area contributed by atoms with Gasteiger partial charge in [0, 0.05) is 17.0 Å². The Morgan fingerprint density at radius 1 is 1.04 bits per heavy atom. The van der Waals surface area contributed by atoms with E-state index in [4.69, 9.17) is 4.74 Å². The van der Waals surface area contributed by atoms with Crippen LogP contribution < -0.4 is 10.6 Å². The molecule has 0 amide bonds. The van der Waals surface area contributed by atoms with Crippen molar-refractivity contribution in [2.45, 2.75) is 32.6 Å². The Balaban J connectivity index is 2.34. The molecule has 0 radical (unpaired) electrons. The van der Waals surface area contributed by atoms with Crippen LogP contribution in [0.4, 0.5) is 0 Å². The van der Waals surface area contributed by atoms with Gasteiger partial charge in [0.05, 0.1) is 0 Å². The SMILES string of the molecule is CCCCCC#CCO/C(O)=C(\[N+]#N)P(=O)(c1ccccc1)c1ccccc1. The largest absolute Gasteiger partial charge is 0.503 e. The molecule has 0 spiro atoms. The minimum absolute atomic E-state index is 0.0828. The highest BCUT2D eigenvalue weighted by Crippen LogP contribution is 2.53. The van der Waals surface area contributed by atoms with Crippen LogP contribution in [0.2, 0.25) is 0 Å². The normalized spacial score (nSPS) is 11.6. The van der Waals surface area contributed by atoms with Gasteiger partial charge in [-0.1, -0.05) is 92.3 Å². The summed E-state index contributed by atoms with van der Waals surface area (Å²) in [4.78, 5) is 3.15. The lowest BCUT2D eigenvalue weighted by molar-refractivity contribution is 0.114. The number of rotatable bonds is 8. The molecule has 0 unspecified atom stereocenters. The summed E-state index contributed by atoms with van der Waals surface area (Å²) in [5.41, 5.74) is -0.405. The van der Waals surface area contributed by atoms with Gasteiger partial charge in [-0.15, -0.1) is 0 Å². The van der Waals surface area contributed by atoms with Crippen LogP contribution in [0.5, 0.6) is 0 Å². The van der Waals surface area contributed by atoms with Gasteiger partial charge in [-0.2, -0.15) is 0 Å². The van der Waals surface area contributed by atoms with Gasteiger partial charge in [0.2, 0.25) is 5.39 Å². The summed E-state index contributed by atoms with van der Waals surface area (Å²) < 4.78 is 19.2. The van der Waals surface area contributed by atoms with Crippen molar-refractivity contribution in [3.63, 3.8) is 0 Å². The fourth-order valence-electron chi connectivity index (χ4n) is 2.68. The summed E-state index contributed by atoms with van der Waals surface area (Å²) in [6, 6.07) is 17.2. The number of nitrogens with zero attached hydrogens (tertiary/aromatic N) is 2. The number of hydrogen-bond donors (Lipinski definition) is 1. The van der Waals surface area contributed by atoms with Crippen LogP contribution in [-0.2, 0) is 9.30 Å². The minimum atomic E-state index is -3.62. The fourth-order valence-corrected chi connectivity index (χ4v) is 5.11. The lowest BCUT2D eigenvalue weighted by atomic mass is 10.2. The summed E-state index contributed by atoms with van der Waals surface area (Å²) in [5.74, 6) is 5.08. The third-order valence-corrected chi connectivity index (χ3v) is 7.06. The van der Waals surface area contributed by atoms with E-state index in [2.05, 4.69) is 23.7 Å². The van der Waals surface area contributed by atoms with Crippen LogP contribution in [0.1, 0.15) is 32.6 Å². The molecular formula is C22H24N2O3P+. The molecule has 0 saturated heterocycles. The quantitative estimate of drug-likeness (QED) is 0.221. The number of ether oxygens (including phenoxy) is 1. The Hall–Kier alpha value is -3.01. The molecule has 0 aliphatic rings. The van der Waals surface area contributed by atoms with Gasteiger partial charge in [0.1, 0.15) is 0 Å². The number of benzene rings is 2. The standard InChI is InChI=1S/C22H23N2O3P/c1-2-3-4-5-6-13-18-27-22(25)21(24-23)28(26,19-14-9-7-10-15-19)20-16-11-8-12-17-20/h7-12,14-17H,2-5,18H2,1H3/p+1. The summed E-state index contributed by atoms with van der Waals surface area (Å²) >= 11 is 0. The molecule has 0 saturated carbocycles. The molecule has 0 atom stereocenters. The molecule has 2 rings (SSSR count). The zero-order chi connectivity index (χ0) is 20.2. The zero-order valence-corrected chi connectivity index (χ0v) is 16.8. The van der Waals surface area contributed by atoms with Crippen molar-refractivity contribution in [3.05, 3.63) is 77.0 Å². The molecule has 1 N–H and O–H groups in total. The minimum Gasteiger partial charge on any atom is -0.475 e. The van der Waals surface area contributed by atoms with E-state index in [1.165, 1.54) is 0 Å². The smallest absolute Gasteiger partial charge is 0.475 e. The van der Waals surface area contributed by atoms with Crippen molar-refractivity contribution in [2.24, 2.45) is 0 Å². The Labute approximate surface area is 166 Å². The van der Waals surface area contributed by atoms with Gasteiger partial charge in [0.15, 0.2) is 11.6 Å². The predicted molar refractivity (Wildman–Crippen MR) is 112 cm³/mol. The van der Waals surface area contributed by atoms with E-state index >= 15 is 0 Å². The second-order valence-electron chi connectivity index (χ2n) is 6.11. The molecular weight excluding hydrogens is 371 g/mol. The average Bonchev–Trinajstić information content (AvgIpc) is 2.74. The first-order valence-electron chi connectivity index (χ1n) is 9.23. The van der Waals surface area contributed by atoms with Crippen LogP contribution >= 0.6 is 7.14 Å². The maximum Gasteiger partial charge on any atom is 0.503 e. The molecule has 0 fully saturated rings. The van der Waals surface area contributed by atoms with Crippen molar-refractivity contribution < 1.29 is 14.4 Å². The van der Waals surface area contributed by atoms with Crippen molar-refractivity contribution in [1.29, 1.82) is 5.39 Å². The van der Waals surface area contributed by atoms with E-state index < -0.39 is 18.5 Å². The van der Waals surface area contributed by atoms with Crippen LogP contribution in [0.3, 0.4) is 0 Å². The molecule has 0 aliphatic heterocycles. The molecule has 144 valence electrons. The third kappa shape index (κ3) is 5.26. The van der Waals surface area contributed by atoms with Gasteiger partial charge in [-0.25, -0.2) is 0 Å². The predicted octanol–water partition coefficient (Wildman–Crippen LogP) is 5.14. The van der Waals surface area contributed by atoms with Crippen molar-refractivity contribution in [2.75, 3.05) is 6.61 Å². The van der Waals surface area contributed by atoms with Crippen molar-refractivity contribution >= 4 is 17.8 Å². The zero-order valence-electron chi connectivity index (χ0n) is 15.9. The summed E-state index contributed by atoms with van der Waals surface area (Å²) in [7, 11) is -3.62. The first-order chi connectivity index (χ1) is 13.6. The number of diazo groups is 1. The van der Waals surface area contributed by atoms with Crippen LogP contribution in [0, 0.1) is 17.2 Å². The second-order valence-corrected chi connectivity index (χ2v) is 8.78. The lowest BCUT2D eigenvalue weighted by Gasteiger charge is -2.12. The Kier molecular flexibility index (Phi) is 8.35. The molecule has 0 aromatic heterocycles. The van der Waals surface area contributed by atoms with Gasteiger partial charge in [0.25, 0.3) is 7.14 Å². The fraction of sp³-hybridized carbons (Fsp3) is 0.273. The first-order valence-corrected chi connectivity index (χ1v) is 10.9. The number of hydrogen-bond acceptors (Lipinski definition) is 4. The maximum absolute atomic E-state index is 14.0. The molecule has 2 aromatic rings. The van der Waals surface area contributed by atoms with Gasteiger partial charge < -0.3 is 14.4 Å². The first kappa shape index (κ1) is 21.3. The van der Waals surface area contributed by atoms with Crippen molar-refractivity contribution in [1.82, 2.24) is 0 Å². The number of aliphatic hydroxyl groups excluding tert-OH is 1. The molecule has 6 heteroatoms. The summed E-state index contributed by atoms with van der Waals surface area (Å²) in [6.45, 7) is 2.04. The van der Waals surface area contributed by atoms with E-state index in [9.17, 15) is 15.1 Å². The highest BCUT2D eigenvalue weighted by atomic mass is 31.2. The Morgan fingerprint density at radius 3 is 2.11 bits per heavy atom. The molecule has 28 heavy (non-hydrogen) atoms. The second kappa shape index (κ2) is 11.0. The molecule has 0 aliphatic carbocycles. The monoisotopic (exact) mass is 395 g/mol. The topological polar surface area (TPSA) is 74.7 Å². The Morgan fingerprint density at radius 2 is 1.61 bits per heavy atom. The third-order valence-electron chi connectivity index (χ3n) is 4.14.